The highest BCUT2D eigenvalue weighted by atomic mass is 79.9. The van der Waals surface area contributed by atoms with Crippen molar-refractivity contribution in [3.05, 3.63) is 51.5 Å². The molecule has 0 fully saturated rings. The van der Waals surface area contributed by atoms with E-state index in [1.165, 1.54) is 7.11 Å². The fraction of sp³-hybridized carbons (Fsp3) is 0.0714. The molecule has 0 unspecified atom stereocenters. The number of nitrogens with one attached hydrogen (secondary N) is 1. The van der Waals surface area contributed by atoms with Crippen molar-refractivity contribution >= 4 is 44.8 Å². The molecular weight excluding hydrogens is 344 g/mol. The Morgan fingerprint density at radius 2 is 2.10 bits per heavy atom. The van der Waals surface area contributed by atoms with E-state index in [0.29, 0.717) is 32.2 Å². The number of amides is 1. The third kappa shape index (κ3) is 3.05. The summed E-state index contributed by atoms with van der Waals surface area (Å²) in [7, 11) is 1.49. The third-order valence-corrected chi connectivity index (χ3v) is 4.07. The van der Waals surface area contributed by atoms with Gasteiger partial charge in [-0.2, -0.15) is 0 Å². The van der Waals surface area contributed by atoms with Crippen LogP contribution < -0.4 is 15.8 Å². The first-order chi connectivity index (χ1) is 9.52. The van der Waals surface area contributed by atoms with Crippen LogP contribution in [0.5, 0.6) is 5.75 Å². The van der Waals surface area contributed by atoms with E-state index in [1.54, 1.807) is 36.4 Å². The smallest absolute Gasteiger partial charge is 0.259 e. The molecule has 0 atom stereocenters. The van der Waals surface area contributed by atoms with E-state index in [4.69, 9.17) is 22.1 Å². The number of rotatable bonds is 3. The van der Waals surface area contributed by atoms with Gasteiger partial charge < -0.3 is 15.8 Å². The van der Waals surface area contributed by atoms with E-state index in [-0.39, 0.29) is 5.91 Å². The van der Waals surface area contributed by atoms with Crippen molar-refractivity contribution in [1.29, 1.82) is 0 Å². The lowest BCUT2D eigenvalue weighted by molar-refractivity contribution is 0.102. The van der Waals surface area contributed by atoms with E-state index in [2.05, 4.69) is 21.2 Å². The van der Waals surface area contributed by atoms with Crippen LogP contribution in [0.25, 0.3) is 0 Å². The molecule has 20 heavy (non-hydrogen) atoms. The van der Waals surface area contributed by atoms with Gasteiger partial charge in [0.2, 0.25) is 0 Å². The summed E-state index contributed by atoms with van der Waals surface area (Å²) < 4.78 is 5.79. The highest BCUT2D eigenvalue weighted by Gasteiger charge is 2.14. The Bertz CT molecular complexity index is 662. The average molecular weight is 356 g/mol. The summed E-state index contributed by atoms with van der Waals surface area (Å²) in [5.41, 5.74) is 7.17. The van der Waals surface area contributed by atoms with Crippen LogP contribution >= 0.6 is 27.5 Å². The number of hydrogen-bond acceptors (Lipinski definition) is 3. The zero-order valence-electron chi connectivity index (χ0n) is 10.6. The first-order valence-corrected chi connectivity index (χ1v) is 6.89. The molecule has 4 nitrogen and oxygen atoms in total. The molecular formula is C14H12BrClN2O2. The average Bonchev–Trinajstić information content (AvgIpc) is 2.43. The Kier molecular flexibility index (Phi) is 4.52. The molecule has 3 N–H and O–H groups in total. The maximum atomic E-state index is 12.3. The Morgan fingerprint density at radius 1 is 1.35 bits per heavy atom. The molecule has 0 radical (unpaired) electrons. The number of benzene rings is 2. The Labute approximate surface area is 130 Å². The molecule has 0 aliphatic rings. The molecule has 2 rings (SSSR count). The van der Waals surface area contributed by atoms with Crippen LogP contribution in [-0.2, 0) is 0 Å². The van der Waals surface area contributed by atoms with E-state index >= 15 is 0 Å². The van der Waals surface area contributed by atoms with Gasteiger partial charge in [0, 0.05) is 11.8 Å². The van der Waals surface area contributed by atoms with Crippen molar-refractivity contribution in [2.75, 3.05) is 18.2 Å². The van der Waals surface area contributed by atoms with Crippen molar-refractivity contribution in [2.24, 2.45) is 0 Å². The van der Waals surface area contributed by atoms with Crippen LogP contribution in [0.3, 0.4) is 0 Å². The first kappa shape index (κ1) is 14.7. The van der Waals surface area contributed by atoms with Crippen LogP contribution in [0, 0.1) is 0 Å². The maximum Gasteiger partial charge on any atom is 0.259 e. The minimum atomic E-state index is -0.301. The lowest BCUT2D eigenvalue weighted by atomic mass is 10.1. The second-order valence-electron chi connectivity index (χ2n) is 4.02. The zero-order valence-corrected chi connectivity index (χ0v) is 13.0. The largest absolute Gasteiger partial charge is 0.496 e. The molecule has 0 bridgehead atoms. The monoisotopic (exact) mass is 354 g/mol. The summed E-state index contributed by atoms with van der Waals surface area (Å²) >= 11 is 9.31. The van der Waals surface area contributed by atoms with Crippen LogP contribution in [0.15, 0.2) is 40.9 Å². The normalized spacial score (nSPS) is 10.2. The standard InChI is InChI=1S/C14H12BrClN2O2/c1-20-12-7-8(17)5-6-9(12)14(19)18-11-4-2-3-10(16)13(11)15/h2-7H,17H2,1H3,(H,18,19). The summed E-state index contributed by atoms with van der Waals surface area (Å²) in [6.07, 6.45) is 0. The van der Waals surface area contributed by atoms with Crippen LogP contribution in [0.2, 0.25) is 5.02 Å². The summed E-state index contributed by atoms with van der Waals surface area (Å²) in [5.74, 6) is 0.116. The number of hydrogen-bond donors (Lipinski definition) is 2. The minimum absolute atomic E-state index is 0.301. The van der Waals surface area contributed by atoms with Crippen LogP contribution in [0.4, 0.5) is 11.4 Å². The van der Waals surface area contributed by atoms with Gasteiger partial charge in [0.25, 0.3) is 5.91 Å². The number of anilines is 2. The molecule has 0 saturated carbocycles. The summed E-state index contributed by atoms with van der Waals surface area (Å²) in [4.78, 5) is 12.3. The lowest BCUT2D eigenvalue weighted by Crippen LogP contribution is -2.13. The number of nitrogens with two attached hydrogens (primary N) is 1. The van der Waals surface area contributed by atoms with Crippen molar-refractivity contribution in [3.63, 3.8) is 0 Å². The van der Waals surface area contributed by atoms with Gasteiger partial charge in [-0.3, -0.25) is 4.79 Å². The van der Waals surface area contributed by atoms with Gasteiger partial charge >= 0.3 is 0 Å². The quantitative estimate of drug-likeness (QED) is 0.820. The summed E-state index contributed by atoms with van der Waals surface area (Å²) in [6, 6.07) is 10.1. The van der Waals surface area contributed by atoms with E-state index in [9.17, 15) is 4.79 Å². The Balaban J connectivity index is 2.31. The summed E-state index contributed by atoms with van der Waals surface area (Å²) in [6.45, 7) is 0. The summed E-state index contributed by atoms with van der Waals surface area (Å²) in [5, 5.41) is 3.29. The predicted molar refractivity (Wildman–Crippen MR) is 84.5 cm³/mol. The van der Waals surface area contributed by atoms with Gasteiger partial charge in [-0.05, 0) is 40.2 Å². The first-order valence-electron chi connectivity index (χ1n) is 5.72. The van der Waals surface area contributed by atoms with E-state index < -0.39 is 0 Å². The molecule has 0 aliphatic heterocycles. The van der Waals surface area contributed by atoms with Crippen molar-refractivity contribution < 1.29 is 9.53 Å². The molecule has 1 amide bonds. The lowest BCUT2D eigenvalue weighted by Gasteiger charge is -2.11. The van der Waals surface area contributed by atoms with Crippen LogP contribution in [0.1, 0.15) is 10.4 Å². The minimum Gasteiger partial charge on any atom is -0.496 e. The topological polar surface area (TPSA) is 64.3 Å². The number of methoxy groups -OCH3 is 1. The van der Waals surface area contributed by atoms with Gasteiger partial charge in [0.1, 0.15) is 5.75 Å². The fourth-order valence-electron chi connectivity index (χ4n) is 1.69. The van der Waals surface area contributed by atoms with Crippen molar-refractivity contribution in [3.8, 4) is 5.75 Å². The van der Waals surface area contributed by atoms with Gasteiger partial charge in [-0.15, -0.1) is 0 Å². The van der Waals surface area contributed by atoms with Crippen molar-refractivity contribution in [1.82, 2.24) is 0 Å². The molecule has 2 aromatic rings. The maximum absolute atomic E-state index is 12.3. The van der Waals surface area contributed by atoms with E-state index in [0.717, 1.165) is 0 Å². The molecule has 0 aromatic heterocycles. The van der Waals surface area contributed by atoms with Crippen LogP contribution in [-0.4, -0.2) is 13.0 Å². The highest BCUT2D eigenvalue weighted by Crippen LogP contribution is 2.31. The van der Waals surface area contributed by atoms with Crippen molar-refractivity contribution in [2.45, 2.75) is 0 Å². The van der Waals surface area contributed by atoms with E-state index in [1.807, 2.05) is 0 Å². The van der Waals surface area contributed by atoms with Gasteiger partial charge in [-0.25, -0.2) is 0 Å². The Hall–Kier alpha value is -1.72. The number of carbonyl (C=O) groups excluding carboxylic acids is 1. The second-order valence-corrected chi connectivity index (χ2v) is 5.22. The molecule has 0 saturated heterocycles. The fourth-order valence-corrected chi connectivity index (χ4v) is 2.22. The molecule has 2 aromatic carbocycles. The predicted octanol–water partition coefficient (Wildman–Crippen LogP) is 3.95. The second kappa shape index (κ2) is 6.15. The number of carbonyl (C=O) groups is 1. The number of ether oxygens (including phenoxy) is 1. The van der Waals surface area contributed by atoms with Gasteiger partial charge in [0.15, 0.2) is 0 Å². The number of halogens is 2. The zero-order chi connectivity index (χ0) is 14.7. The SMILES string of the molecule is COc1cc(N)ccc1C(=O)Nc1cccc(Cl)c1Br. The molecule has 6 heteroatoms. The molecule has 104 valence electrons. The molecule has 0 spiro atoms. The number of nitrogen functional groups attached to an aromatic ring is 1. The third-order valence-electron chi connectivity index (χ3n) is 2.67. The molecule has 0 aliphatic carbocycles. The Morgan fingerprint density at radius 3 is 2.80 bits per heavy atom. The highest BCUT2D eigenvalue weighted by molar-refractivity contribution is 9.10. The molecule has 0 heterocycles. The van der Waals surface area contributed by atoms with Gasteiger partial charge in [-0.1, -0.05) is 17.7 Å². The van der Waals surface area contributed by atoms with Gasteiger partial charge in [0.05, 0.1) is 27.9 Å².